The van der Waals surface area contributed by atoms with Gasteiger partial charge in [-0.15, -0.1) is 12.4 Å². The average Bonchev–Trinajstić information content (AvgIpc) is 3.08. The molecule has 3 rings (SSSR count). The molecule has 4 nitrogen and oxygen atoms in total. The summed E-state index contributed by atoms with van der Waals surface area (Å²) in [6.45, 7) is 5.15. The van der Waals surface area contributed by atoms with Crippen LogP contribution in [-0.4, -0.2) is 33.8 Å². The van der Waals surface area contributed by atoms with Gasteiger partial charge in [0.15, 0.2) is 0 Å². The molecule has 2 atom stereocenters. The highest BCUT2D eigenvalue weighted by molar-refractivity contribution is 5.85. The number of benzene rings is 1. The van der Waals surface area contributed by atoms with Gasteiger partial charge in [0.05, 0.1) is 11.9 Å². The highest BCUT2D eigenvalue weighted by Gasteiger charge is 2.28. The molecule has 2 aromatic rings. The van der Waals surface area contributed by atoms with E-state index in [9.17, 15) is 0 Å². The Hall–Kier alpha value is -1.36. The minimum atomic E-state index is 0. The number of aromatic nitrogens is 2. The van der Waals surface area contributed by atoms with Crippen LogP contribution in [0.3, 0.4) is 0 Å². The molecule has 0 radical (unpaired) electrons. The van der Waals surface area contributed by atoms with E-state index in [0.717, 1.165) is 25.3 Å². The quantitative estimate of drug-likeness (QED) is 0.944. The molecule has 1 aliphatic heterocycles. The summed E-state index contributed by atoms with van der Waals surface area (Å²) in [5.74, 6) is 0.647. The van der Waals surface area contributed by atoms with Crippen LogP contribution < -0.4 is 5.73 Å². The summed E-state index contributed by atoms with van der Waals surface area (Å²) in [7, 11) is 0. The van der Waals surface area contributed by atoms with Gasteiger partial charge in [0.1, 0.15) is 0 Å². The molecular formula is C16H23ClN4. The fourth-order valence-electron chi connectivity index (χ4n) is 3.01. The number of rotatable bonds is 4. The van der Waals surface area contributed by atoms with Gasteiger partial charge in [-0.05, 0) is 37.9 Å². The second kappa shape index (κ2) is 7.07. The van der Waals surface area contributed by atoms with E-state index in [-0.39, 0.29) is 12.4 Å². The molecule has 1 aromatic heterocycles. The minimum absolute atomic E-state index is 0. The van der Waals surface area contributed by atoms with Gasteiger partial charge < -0.3 is 5.73 Å². The van der Waals surface area contributed by atoms with Gasteiger partial charge in [-0.25, -0.2) is 4.68 Å². The zero-order valence-corrected chi connectivity index (χ0v) is 13.2. The van der Waals surface area contributed by atoms with Crippen LogP contribution >= 0.6 is 12.4 Å². The van der Waals surface area contributed by atoms with Crippen LogP contribution in [0.4, 0.5) is 0 Å². The van der Waals surface area contributed by atoms with Crippen LogP contribution in [-0.2, 0) is 6.54 Å². The number of halogens is 1. The first-order chi connectivity index (χ1) is 9.76. The topological polar surface area (TPSA) is 47.1 Å². The number of nitrogens with two attached hydrogens (primary N) is 1. The van der Waals surface area contributed by atoms with Crippen molar-refractivity contribution < 1.29 is 0 Å². The van der Waals surface area contributed by atoms with Gasteiger partial charge in [0.25, 0.3) is 0 Å². The molecular weight excluding hydrogens is 284 g/mol. The van der Waals surface area contributed by atoms with Crippen LogP contribution in [0.15, 0.2) is 42.7 Å². The Morgan fingerprint density at radius 1 is 1.29 bits per heavy atom. The molecule has 0 spiro atoms. The minimum Gasteiger partial charge on any atom is -0.330 e. The summed E-state index contributed by atoms with van der Waals surface area (Å²) in [4.78, 5) is 2.50. The molecule has 0 aliphatic carbocycles. The van der Waals surface area contributed by atoms with Gasteiger partial charge in [0.2, 0.25) is 0 Å². The molecule has 1 aliphatic rings. The Labute approximate surface area is 132 Å². The Morgan fingerprint density at radius 3 is 2.71 bits per heavy atom. The molecule has 1 fully saturated rings. The largest absolute Gasteiger partial charge is 0.330 e. The molecule has 5 heteroatoms. The van der Waals surface area contributed by atoms with Gasteiger partial charge in [-0.1, -0.05) is 18.2 Å². The Balaban J connectivity index is 0.00000161. The lowest BCUT2D eigenvalue weighted by Gasteiger charge is -2.19. The van der Waals surface area contributed by atoms with Crippen molar-refractivity contribution in [3.63, 3.8) is 0 Å². The summed E-state index contributed by atoms with van der Waals surface area (Å²) in [6.07, 6.45) is 5.30. The van der Waals surface area contributed by atoms with Crippen molar-refractivity contribution in [2.75, 3.05) is 13.1 Å². The second-order valence-corrected chi connectivity index (χ2v) is 5.74. The molecule has 21 heavy (non-hydrogen) atoms. The van der Waals surface area contributed by atoms with E-state index in [1.54, 1.807) is 0 Å². The van der Waals surface area contributed by atoms with Crippen molar-refractivity contribution in [2.45, 2.75) is 25.9 Å². The summed E-state index contributed by atoms with van der Waals surface area (Å²) in [6, 6.07) is 10.8. The number of hydrogen-bond donors (Lipinski definition) is 1. The number of likely N-dealkylation sites (tertiary alicyclic amines) is 1. The van der Waals surface area contributed by atoms with Crippen molar-refractivity contribution in [3.8, 4) is 5.69 Å². The lowest BCUT2D eigenvalue weighted by atomic mass is 10.1. The fourth-order valence-corrected chi connectivity index (χ4v) is 3.01. The third-order valence-electron chi connectivity index (χ3n) is 4.17. The number of nitrogens with zero attached hydrogens (tertiary/aromatic N) is 3. The van der Waals surface area contributed by atoms with Crippen molar-refractivity contribution in [2.24, 2.45) is 11.7 Å². The van der Waals surface area contributed by atoms with Crippen LogP contribution in [0.1, 0.15) is 18.9 Å². The third kappa shape index (κ3) is 3.64. The van der Waals surface area contributed by atoms with Crippen molar-refractivity contribution >= 4 is 12.4 Å². The first kappa shape index (κ1) is 16.0. The average molecular weight is 307 g/mol. The van der Waals surface area contributed by atoms with E-state index in [1.807, 2.05) is 29.1 Å². The first-order valence-corrected chi connectivity index (χ1v) is 7.29. The number of para-hydroxylation sites is 1. The molecule has 1 saturated heterocycles. The van der Waals surface area contributed by atoms with Crippen molar-refractivity contribution in [3.05, 3.63) is 48.3 Å². The highest BCUT2D eigenvalue weighted by atomic mass is 35.5. The van der Waals surface area contributed by atoms with Gasteiger partial charge >= 0.3 is 0 Å². The van der Waals surface area contributed by atoms with Crippen LogP contribution in [0.5, 0.6) is 0 Å². The molecule has 114 valence electrons. The second-order valence-electron chi connectivity index (χ2n) is 5.74. The molecule has 0 saturated carbocycles. The van der Waals surface area contributed by atoms with Crippen LogP contribution in [0, 0.1) is 5.92 Å². The summed E-state index contributed by atoms with van der Waals surface area (Å²) in [5.41, 5.74) is 8.16. The maximum atomic E-state index is 5.79. The normalized spacial score (nSPS) is 22.2. The van der Waals surface area contributed by atoms with Crippen LogP contribution in [0.25, 0.3) is 5.69 Å². The van der Waals surface area contributed by atoms with Gasteiger partial charge in [-0.3, -0.25) is 4.90 Å². The molecule has 2 heterocycles. The van der Waals surface area contributed by atoms with E-state index in [2.05, 4.69) is 35.3 Å². The molecule has 1 aromatic carbocycles. The zero-order valence-electron chi connectivity index (χ0n) is 12.4. The Kier molecular flexibility index (Phi) is 5.39. The van der Waals surface area contributed by atoms with Gasteiger partial charge in [0, 0.05) is 30.9 Å². The lowest BCUT2D eigenvalue weighted by Crippen LogP contribution is -2.27. The maximum Gasteiger partial charge on any atom is 0.0645 e. The fraction of sp³-hybridized carbons (Fsp3) is 0.438. The third-order valence-corrected chi connectivity index (χ3v) is 4.17. The van der Waals surface area contributed by atoms with E-state index in [4.69, 9.17) is 5.73 Å². The first-order valence-electron chi connectivity index (χ1n) is 7.29. The van der Waals surface area contributed by atoms with Crippen LogP contribution in [0.2, 0.25) is 0 Å². The summed E-state index contributed by atoms with van der Waals surface area (Å²) >= 11 is 0. The molecule has 2 N–H and O–H groups in total. The highest BCUT2D eigenvalue weighted by Crippen LogP contribution is 2.24. The molecule has 0 amide bonds. The predicted octanol–water partition coefficient (Wildman–Crippen LogP) is 2.46. The standard InChI is InChI=1S/C16H22N4.ClH/c1-13-7-14(8-17)10-19(13)11-15-9-18-20(12-15)16-5-3-2-4-6-16;/h2-6,9,12-14H,7-8,10-11,17H2,1H3;1H. The van der Waals surface area contributed by atoms with Crippen molar-refractivity contribution in [1.29, 1.82) is 0 Å². The van der Waals surface area contributed by atoms with Crippen molar-refractivity contribution in [1.82, 2.24) is 14.7 Å². The Bertz CT molecular complexity index is 554. The van der Waals surface area contributed by atoms with E-state index in [0.29, 0.717) is 12.0 Å². The monoisotopic (exact) mass is 306 g/mol. The smallest absolute Gasteiger partial charge is 0.0645 e. The number of hydrogen-bond acceptors (Lipinski definition) is 3. The summed E-state index contributed by atoms with van der Waals surface area (Å²) in [5, 5.41) is 4.46. The SMILES string of the molecule is CC1CC(CN)CN1Cc1cnn(-c2ccccc2)c1.Cl. The van der Waals surface area contributed by atoms with E-state index in [1.165, 1.54) is 12.0 Å². The summed E-state index contributed by atoms with van der Waals surface area (Å²) < 4.78 is 1.94. The van der Waals surface area contributed by atoms with E-state index < -0.39 is 0 Å². The van der Waals surface area contributed by atoms with Gasteiger partial charge in [-0.2, -0.15) is 5.10 Å². The Morgan fingerprint density at radius 2 is 2.05 bits per heavy atom. The zero-order chi connectivity index (χ0) is 13.9. The molecule has 0 bridgehead atoms. The maximum absolute atomic E-state index is 5.79. The molecule has 2 unspecified atom stereocenters. The predicted molar refractivity (Wildman–Crippen MR) is 87.8 cm³/mol. The lowest BCUT2D eigenvalue weighted by molar-refractivity contribution is 0.256. The van der Waals surface area contributed by atoms with E-state index >= 15 is 0 Å².